The van der Waals surface area contributed by atoms with E-state index < -0.39 is 6.10 Å². The van der Waals surface area contributed by atoms with E-state index in [0.29, 0.717) is 0 Å². The normalized spacial score (nSPS) is 16.8. The molecule has 0 heterocycles. The van der Waals surface area contributed by atoms with Crippen molar-refractivity contribution in [2.75, 3.05) is 0 Å². The van der Waals surface area contributed by atoms with Gasteiger partial charge in [-0.25, -0.2) is 0 Å². The molecule has 0 aliphatic heterocycles. The molecule has 0 bridgehead atoms. The van der Waals surface area contributed by atoms with E-state index in [4.69, 9.17) is 10.5 Å². The summed E-state index contributed by atoms with van der Waals surface area (Å²) in [6.45, 7) is 10.1. The van der Waals surface area contributed by atoms with Crippen molar-refractivity contribution in [1.29, 1.82) is 0 Å². The van der Waals surface area contributed by atoms with E-state index in [2.05, 4.69) is 6.92 Å². The third kappa shape index (κ3) is 4.84. The Morgan fingerprint density at radius 3 is 2.16 bits per heavy atom. The van der Waals surface area contributed by atoms with Crippen LogP contribution in [-0.4, -0.2) is 16.8 Å². The Morgan fingerprint density at radius 1 is 1.21 bits per heavy atom. The number of benzene rings is 1. The highest BCUT2D eigenvalue weighted by atomic mass is 16.5. The first-order chi connectivity index (χ1) is 8.74. The van der Waals surface area contributed by atoms with E-state index in [-0.39, 0.29) is 17.6 Å². The molecule has 108 valence electrons. The maximum atomic E-state index is 10.1. The fraction of sp³-hybridized carbons (Fsp3) is 0.625. The monoisotopic (exact) mass is 265 g/mol. The van der Waals surface area contributed by atoms with Crippen molar-refractivity contribution in [3.05, 3.63) is 29.8 Å². The van der Waals surface area contributed by atoms with Crippen LogP contribution in [0.2, 0.25) is 0 Å². The van der Waals surface area contributed by atoms with Crippen LogP contribution in [0.1, 0.15) is 52.6 Å². The molecule has 3 atom stereocenters. The van der Waals surface area contributed by atoms with Gasteiger partial charge in [-0.2, -0.15) is 0 Å². The number of rotatable bonds is 5. The van der Waals surface area contributed by atoms with E-state index >= 15 is 0 Å². The average molecular weight is 265 g/mol. The van der Waals surface area contributed by atoms with Crippen molar-refractivity contribution < 1.29 is 9.84 Å². The van der Waals surface area contributed by atoms with Gasteiger partial charge in [0.2, 0.25) is 0 Å². The molecule has 1 unspecified atom stereocenters. The first-order valence-electron chi connectivity index (χ1n) is 6.97. The predicted octanol–water partition coefficient (Wildman–Crippen LogP) is 3.27. The lowest BCUT2D eigenvalue weighted by Crippen LogP contribution is -2.31. The molecule has 1 aromatic carbocycles. The number of hydrogen-bond donors (Lipinski definition) is 2. The summed E-state index contributed by atoms with van der Waals surface area (Å²) in [6, 6.07) is 7.32. The SMILES string of the molecule is CCC(C)[C@H](O)[C@H](N)c1ccc(OC(C)(C)C)cc1. The summed E-state index contributed by atoms with van der Waals surface area (Å²) < 4.78 is 5.76. The van der Waals surface area contributed by atoms with Crippen molar-refractivity contribution in [2.24, 2.45) is 11.7 Å². The van der Waals surface area contributed by atoms with Gasteiger partial charge in [0.15, 0.2) is 0 Å². The van der Waals surface area contributed by atoms with E-state index in [1.54, 1.807) is 0 Å². The van der Waals surface area contributed by atoms with Crippen LogP contribution in [0.3, 0.4) is 0 Å². The Bertz CT molecular complexity index is 381. The summed E-state index contributed by atoms with van der Waals surface area (Å²) in [5.74, 6) is 1.02. The second kappa shape index (κ2) is 6.40. The Labute approximate surface area is 116 Å². The molecule has 0 fully saturated rings. The van der Waals surface area contributed by atoms with Gasteiger partial charge in [-0.1, -0.05) is 32.4 Å². The van der Waals surface area contributed by atoms with Crippen molar-refractivity contribution in [1.82, 2.24) is 0 Å². The van der Waals surface area contributed by atoms with E-state index in [1.165, 1.54) is 0 Å². The molecule has 0 saturated heterocycles. The van der Waals surface area contributed by atoms with E-state index in [1.807, 2.05) is 52.0 Å². The highest BCUT2D eigenvalue weighted by molar-refractivity contribution is 5.30. The second-order valence-corrected chi connectivity index (χ2v) is 6.19. The molecule has 0 aromatic heterocycles. The molecule has 0 aliphatic rings. The number of aliphatic hydroxyl groups excluding tert-OH is 1. The molecule has 0 saturated carbocycles. The van der Waals surface area contributed by atoms with Crippen LogP contribution in [0.4, 0.5) is 0 Å². The van der Waals surface area contributed by atoms with Gasteiger partial charge in [0.05, 0.1) is 12.1 Å². The van der Waals surface area contributed by atoms with Gasteiger partial charge in [-0.15, -0.1) is 0 Å². The molecule has 0 spiro atoms. The van der Waals surface area contributed by atoms with Gasteiger partial charge in [0, 0.05) is 0 Å². The zero-order valence-corrected chi connectivity index (χ0v) is 12.7. The number of aliphatic hydroxyl groups is 1. The zero-order chi connectivity index (χ0) is 14.6. The Balaban J connectivity index is 2.76. The van der Waals surface area contributed by atoms with Gasteiger partial charge in [0.25, 0.3) is 0 Å². The van der Waals surface area contributed by atoms with Crippen molar-refractivity contribution >= 4 is 0 Å². The maximum Gasteiger partial charge on any atom is 0.120 e. The van der Waals surface area contributed by atoms with Crippen molar-refractivity contribution in [2.45, 2.75) is 58.8 Å². The summed E-state index contributed by atoms with van der Waals surface area (Å²) in [7, 11) is 0. The molecule has 1 aromatic rings. The van der Waals surface area contributed by atoms with Gasteiger partial charge in [0.1, 0.15) is 11.4 Å². The van der Waals surface area contributed by atoms with Crippen LogP contribution in [0, 0.1) is 5.92 Å². The topological polar surface area (TPSA) is 55.5 Å². The molecular formula is C16H27NO2. The fourth-order valence-electron chi connectivity index (χ4n) is 1.90. The first-order valence-corrected chi connectivity index (χ1v) is 6.97. The lowest BCUT2D eigenvalue weighted by atomic mass is 9.91. The van der Waals surface area contributed by atoms with Crippen LogP contribution in [0.5, 0.6) is 5.75 Å². The summed E-state index contributed by atoms with van der Waals surface area (Å²) >= 11 is 0. The Kier molecular flexibility index (Phi) is 5.39. The number of ether oxygens (including phenoxy) is 1. The molecule has 3 N–H and O–H groups in total. The Morgan fingerprint density at radius 2 is 1.74 bits per heavy atom. The van der Waals surface area contributed by atoms with Gasteiger partial charge in [-0.3, -0.25) is 0 Å². The summed E-state index contributed by atoms with van der Waals surface area (Å²) in [6.07, 6.45) is 0.402. The van der Waals surface area contributed by atoms with Crippen molar-refractivity contribution in [3.63, 3.8) is 0 Å². The molecule has 1 rings (SSSR count). The molecule has 0 amide bonds. The summed E-state index contributed by atoms with van der Waals surface area (Å²) in [5.41, 5.74) is 6.83. The molecule has 3 heteroatoms. The molecule has 0 radical (unpaired) electrons. The van der Waals surface area contributed by atoms with Gasteiger partial charge >= 0.3 is 0 Å². The van der Waals surface area contributed by atoms with Crippen LogP contribution in [0.15, 0.2) is 24.3 Å². The minimum Gasteiger partial charge on any atom is -0.488 e. The number of hydrogen-bond acceptors (Lipinski definition) is 3. The van der Waals surface area contributed by atoms with Crippen LogP contribution < -0.4 is 10.5 Å². The smallest absolute Gasteiger partial charge is 0.120 e. The molecular weight excluding hydrogens is 238 g/mol. The zero-order valence-electron chi connectivity index (χ0n) is 12.7. The van der Waals surface area contributed by atoms with Crippen LogP contribution >= 0.6 is 0 Å². The second-order valence-electron chi connectivity index (χ2n) is 6.19. The average Bonchev–Trinajstić information content (AvgIpc) is 2.35. The summed E-state index contributed by atoms with van der Waals surface area (Å²) in [5, 5.41) is 10.1. The fourth-order valence-corrected chi connectivity index (χ4v) is 1.90. The highest BCUT2D eigenvalue weighted by Gasteiger charge is 2.22. The lowest BCUT2D eigenvalue weighted by molar-refractivity contribution is 0.0878. The maximum absolute atomic E-state index is 10.1. The standard InChI is InChI=1S/C16H27NO2/c1-6-11(2)15(18)14(17)12-7-9-13(10-8-12)19-16(3,4)5/h7-11,14-15,18H,6,17H2,1-5H3/t11?,14-,15+/m1/s1. The summed E-state index contributed by atoms with van der Waals surface area (Å²) in [4.78, 5) is 0. The first kappa shape index (κ1) is 16.0. The Hall–Kier alpha value is -1.06. The van der Waals surface area contributed by atoms with Gasteiger partial charge < -0.3 is 15.6 Å². The van der Waals surface area contributed by atoms with Crippen LogP contribution in [0.25, 0.3) is 0 Å². The lowest BCUT2D eigenvalue weighted by Gasteiger charge is -2.25. The predicted molar refractivity (Wildman–Crippen MR) is 79.2 cm³/mol. The van der Waals surface area contributed by atoms with Crippen LogP contribution in [-0.2, 0) is 0 Å². The molecule has 19 heavy (non-hydrogen) atoms. The van der Waals surface area contributed by atoms with E-state index in [9.17, 15) is 5.11 Å². The molecule has 3 nitrogen and oxygen atoms in total. The van der Waals surface area contributed by atoms with E-state index in [0.717, 1.165) is 17.7 Å². The van der Waals surface area contributed by atoms with Crippen molar-refractivity contribution in [3.8, 4) is 5.75 Å². The molecule has 0 aliphatic carbocycles. The largest absolute Gasteiger partial charge is 0.488 e. The minimum atomic E-state index is -0.514. The quantitative estimate of drug-likeness (QED) is 0.859. The van der Waals surface area contributed by atoms with Gasteiger partial charge in [-0.05, 0) is 44.4 Å². The minimum absolute atomic E-state index is 0.195. The highest BCUT2D eigenvalue weighted by Crippen LogP contribution is 2.25. The number of nitrogens with two attached hydrogens (primary N) is 1. The third-order valence-electron chi connectivity index (χ3n) is 3.28. The third-order valence-corrected chi connectivity index (χ3v) is 3.28.